The monoisotopic (exact) mass is 542 g/mol. The van der Waals surface area contributed by atoms with E-state index in [1.54, 1.807) is 29.1 Å². The van der Waals surface area contributed by atoms with Crippen LogP contribution in [0.15, 0.2) is 52.1 Å². The van der Waals surface area contributed by atoms with E-state index in [0.717, 1.165) is 5.69 Å². The predicted octanol–water partition coefficient (Wildman–Crippen LogP) is 5.02. The van der Waals surface area contributed by atoms with Gasteiger partial charge in [0.2, 0.25) is 0 Å². The number of nitrogens with zero attached hydrogens (tertiary/aromatic N) is 6. The van der Waals surface area contributed by atoms with Crippen molar-refractivity contribution in [3.05, 3.63) is 79.9 Å². The maximum atomic E-state index is 13.3. The summed E-state index contributed by atoms with van der Waals surface area (Å²) in [5, 5.41) is 4.64. The van der Waals surface area contributed by atoms with Crippen LogP contribution >= 0.6 is 27.5 Å². The summed E-state index contributed by atoms with van der Waals surface area (Å²) in [5.74, 6) is 1.13. The molecule has 0 saturated carbocycles. The maximum Gasteiger partial charge on any atom is 0.273 e. The van der Waals surface area contributed by atoms with E-state index in [1.807, 2.05) is 47.0 Å². The minimum absolute atomic E-state index is 0.214. The van der Waals surface area contributed by atoms with Gasteiger partial charge in [0.15, 0.2) is 0 Å². The van der Waals surface area contributed by atoms with Crippen molar-refractivity contribution in [2.45, 2.75) is 39.7 Å². The third-order valence-corrected chi connectivity index (χ3v) is 6.13. The van der Waals surface area contributed by atoms with Crippen LogP contribution in [-0.4, -0.2) is 29.3 Å². The minimum atomic E-state index is -0.298. The van der Waals surface area contributed by atoms with Gasteiger partial charge in [0.25, 0.3) is 5.56 Å². The fourth-order valence-corrected chi connectivity index (χ4v) is 3.97. The van der Waals surface area contributed by atoms with Crippen LogP contribution < -0.4 is 10.3 Å². The predicted molar refractivity (Wildman–Crippen MR) is 135 cm³/mol. The number of hydrogen-bond donors (Lipinski definition) is 0. The van der Waals surface area contributed by atoms with Gasteiger partial charge in [-0.15, -0.1) is 0 Å². The zero-order valence-corrected chi connectivity index (χ0v) is 21.8. The number of hydrogen-bond acceptors (Lipinski definition) is 6. The highest BCUT2D eigenvalue weighted by Crippen LogP contribution is 2.29. The first-order valence-electron chi connectivity index (χ1n) is 10.6. The third kappa shape index (κ3) is 4.90. The van der Waals surface area contributed by atoms with E-state index in [0.29, 0.717) is 43.8 Å². The Bertz CT molecular complexity index is 1420. The molecule has 0 amide bonds. The lowest BCUT2D eigenvalue weighted by molar-refractivity contribution is 0.296. The normalized spacial score (nSPS) is 11.6. The molecule has 0 spiro atoms. The largest absolute Gasteiger partial charge is 0.486 e. The maximum absolute atomic E-state index is 13.3. The van der Waals surface area contributed by atoms with Crippen molar-refractivity contribution in [3.8, 4) is 22.8 Å². The smallest absolute Gasteiger partial charge is 0.273 e. The summed E-state index contributed by atoms with van der Waals surface area (Å²) in [6, 6.07) is 7.19. The van der Waals surface area contributed by atoms with Gasteiger partial charge in [-0.05, 0) is 41.1 Å². The van der Waals surface area contributed by atoms with Gasteiger partial charge >= 0.3 is 0 Å². The fourth-order valence-electron chi connectivity index (χ4n) is 3.38. The Morgan fingerprint density at radius 3 is 2.59 bits per heavy atom. The summed E-state index contributed by atoms with van der Waals surface area (Å²) >= 11 is 9.89. The van der Waals surface area contributed by atoms with Crippen molar-refractivity contribution in [3.63, 3.8) is 0 Å². The van der Waals surface area contributed by atoms with Gasteiger partial charge < -0.3 is 4.74 Å². The summed E-state index contributed by atoms with van der Waals surface area (Å²) in [6.07, 6.45) is 5.07. The van der Waals surface area contributed by atoms with Crippen LogP contribution in [0.4, 0.5) is 0 Å². The molecule has 0 atom stereocenters. The number of rotatable bonds is 5. The van der Waals surface area contributed by atoms with E-state index < -0.39 is 0 Å². The molecular weight excluding hydrogens is 520 g/mol. The Labute approximate surface area is 210 Å². The molecule has 0 aliphatic carbocycles. The van der Waals surface area contributed by atoms with E-state index in [1.165, 1.54) is 10.8 Å². The summed E-state index contributed by atoms with van der Waals surface area (Å²) in [4.78, 5) is 26.8. The number of halogens is 2. The average Bonchev–Trinajstić information content (AvgIpc) is 3.21. The second-order valence-electron chi connectivity index (χ2n) is 8.91. The Morgan fingerprint density at radius 2 is 1.91 bits per heavy atom. The molecule has 0 radical (unpaired) electrons. The Kier molecular flexibility index (Phi) is 6.60. The highest BCUT2D eigenvalue weighted by atomic mass is 79.9. The lowest BCUT2D eigenvalue weighted by Crippen LogP contribution is -2.22. The molecule has 0 bridgehead atoms. The molecular formula is C24H24BrClN6O2. The van der Waals surface area contributed by atoms with Crippen LogP contribution in [0.2, 0.25) is 5.02 Å². The van der Waals surface area contributed by atoms with Gasteiger partial charge in [0.05, 0.1) is 27.8 Å². The van der Waals surface area contributed by atoms with Crippen LogP contribution in [-0.2, 0) is 19.1 Å². The third-order valence-electron chi connectivity index (χ3n) is 5.11. The first kappa shape index (κ1) is 24.1. The summed E-state index contributed by atoms with van der Waals surface area (Å²) in [7, 11) is 1.84. The highest BCUT2D eigenvalue weighted by molar-refractivity contribution is 9.10. The van der Waals surface area contributed by atoms with Crippen molar-refractivity contribution >= 4 is 27.5 Å². The van der Waals surface area contributed by atoms with E-state index >= 15 is 0 Å². The first-order chi connectivity index (χ1) is 16.0. The quantitative estimate of drug-likeness (QED) is 0.351. The van der Waals surface area contributed by atoms with E-state index in [9.17, 15) is 4.79 Å². The zero-order valence-electron chi connectivity index (χ0n) is 19.5. The fraction of sp³-hybridized carbons (Fsp3) is 0.292. The summed E-state index contributed by atoms with van der Waals surface area (Å²) in [6.45, 7) is 8.20. The second-order valence-corrected chi connectivity index (χ2v) is 10.1. The van der Waals surface area contributed by atoms with Crippen LogP contribution in [0, 0.1) is 6.92 Å². The lowest BCUT2D eigenvalue weighted by Gasteiger charge is -2.18. The topological polar surface area (TPSA) is 87.7 Å². The molecule has 0 saturated heterocycles. The molecule has 0 aromatic carbocycles. The highest BCUT2D eigenvalue weighted by Gasteiger charge is 2.20. The number of aryl methyl sites for hydroxylation is 2. The second kappa shape index (κ2) is 9.31. The molecule has 4 heterocycles. The standard InChI is InChI=1S/C24H24BrClN6O2/c1-14-10-20(34-13-15-7-9-31(5)30-15)21(25)22(33)32(14)19-11-18(28-12-16(19)26)17-6-8-27-23(29-17)24(2,3)4/h6-12H,13H2,1-5H3. The number of ether oxygens (including phenoxy) is 1. The summed E-state index contributed by atoms with van der Waals surface area (Å²) < 4.78 is 9.37. The van der Waals surface area contributed by atoms with Gasteiger partial charge in [-0.3, -0.25) is 19.0 Å². The van der Waals surface area contributed by atoms with Crippen LogP contribution in [0.3, 0.4) is 0 Å². The van der Waals surface area contributed by atoms with Crippen LogP contribution in [0.1, 0.15) is 38.0 Å². The van der Waals surface area contributed by atoms with E-state index in [4.69, 9.17) is 16.3 Å². The van der Waals surface area contributed by atoms with Gasteiger partial charge in [0.1, 0.15) is 22.7 Å². The Hall–Kier alpha value is -3.04. The van der Waals surface area contributed by atoms with Crippen molar-refractivity contribution in [2.24, 2.45) is 7.05 Å². The van der Waals surface area contributed by atoms with Crippen LogP contribution in [0.25, 0.3) is 17.1 Å². The molecule has 176 valence electrons. The zero-order chi connectivity index (χ0) is 24.6. The molecule has 0 aliphatic heterocycles. The Balaban J connectivity index is 1.73. The molecule has 0 aliphatic rings. The molecule has 0 unspecified atom stereocenters. The van der Waals surface area contributed by atoms with Crippen molar-refractivity contribution in [1.82, 2.24) is 29.3 Å². The van der Waals surface area contributed by atoms with Gasteiger partial charge in [-0.1, -0.05) is 32.4 Å². The molecule has 4 aromatic heterocycles. The molecule has 0 N–H and O–H groups in total. The summed E-state index contributed by atoms with van der Waals surface area (Å²) in [5.41, 5.74) is 2.64. The first-order valence-corrected chi connectivity index (χ1v) is 11.7. The minimum Gasteiger partial charge on any atom is -0.486 e. The molecule has 4 aromatic rings. The van der Waals surface area contributed by atoms with E-state index in [-0.39, 0.29) is 17.6 Å². The van der Waals surface area contributed by atoms with Crippen molar-refractivity contribution < 1.29 is 4.74 Å². The van der Waals surface area contributed by atoms with Gasteiger partial charge in [-0.2, -0.15) is 5.10 Å². The molecule has 34 heavy (non-hydrogen) atoms. The molecule has 10 heteroatoms. The van der Waals surface area contributed by atoms with E-state index in [2.05, 4.69) is 36.0 Å². The van der Waals surface area contributed by atoms with Crippen molar-refractivity contribution in [1.29, 1.82) is 0 Å². The Morgan fingerprint density at radius 1 is 1.15 bits per heavy atom. The average molecular weight is 544 g/mol. The number of pyridine rings is 2. The van der Waals surface area contributed by atoms with Gasteiger partial charge in [-0.25, -0.2) is 9.97 Å². The van der Waals surface area contributed by atoms with Gasteiger partial charge in [0, 0.05) is 42.8 Å². The van der Waals surface area contributed by atoms with Crippen molar-refractivity contribution in [2.75, 3.05) is 0 Å². The molecule has 0 fully saturated rings. The molecule has 8 nitrogen and oxygen atoms in total. The number of aromatic nitrogens is 6. The SMILES string of the molecule is Cc1cc(OCc2ccn(C)n2)c(Br)c(=O)n1-c1cc(-c2ccnc(C(C)(C)C)n2)ncc1Cl. The van der Waals surface area contributed by atoms with Crippen LogP contribution in [0.5, 0.6) is 5.75 Å². The lowest BCUT2D eigenvalue weighted by atomic mass is 9.95. The molecule has 4 rings (SSSR count).